The number of hydrogen-bond acceptors (Lipinski definition) is 1. The van der Waals surface area contributed by atoms with Gasteiger partial charge in [-0.05, 0) is 12.8 Å². The number of halogens is 3. The summed E-state index contributed by atoms with van der Waals surface area (Å²) in [7, 11) is 0. The van der Waals surface area contributed by atoms with Gasteiger partial charge < -0.3 is 4.74 Å². The van der Waals surface area contributed by atoms with E-state index in [0.29, 0.717) is 0 Å². The molecule has 0 aromatic carbocycles. The van der Waals surface area contributed by atoms with Crippen LogP contribution in [-0.4, -0.2) is 13.2 Å². The fourth-order valence-electron chi connectivity index (χ4n) is 0.510. The third kappa shape index (κ3) is 13.1. The van der Waals surface area contributed by atoms with Gasteiger partial charge in [-0.25, -0.2) is 0 Å². The zero-order chi connectivity index (χ0) is 7.11. The molecule has 0 amide bonds. The summed E-state index contributed by atoms with van der Waals surface area (Å²) in [5.41, 5.74) is 0. The summed E-state index contributed by atoms with van der Waals surface area (Å²) in [5.74, 6) is 0. The fourth-order valence-corrected chi connectivity index (χ4v) is 0.510. The third-order valence-electron chi connectivity index (χ3n) is 0.827. The van der Waals surface area contributed by atoms with Crippen molar-refractivity contribution < 1.29 is 30.4 Å². The Morgan fingerprint density at radius 3 is 1.44 bits per heavy atom. The molecule has 1 heterocycles. The SMILES string of the molecule is C1CCOC1.[Cl][La]([Cl])[Cl]. The van der Waals surface area contributed by atoms with E-state index >= 15 is 0 Å². The molecular weight excluding hydrogens is 309 g/mol. The summed E-state index contributed by atoms with van der Waals surface area (Å²) in [6.07, 6.45) is 2.56. The van der Waals surface area contributed by atoms with Crippen LogP contribution in [-0.2, 0) is 4.74 Å². The Kier molecular flexibility index (Phi) is 9.95. The van der Waals surface area contributed by atoms with E-state index in [-0.39, 0.29) is 0 Å². The standard InChI is InChI=1S/C4H8O.3ClH.La/c1-2-4-5-3-1;;;;/h1-4H2;3*1H;/q;;;;+3/p-3. The molecule has 0 aliphatic carbocycles. The molecule has 0 aromatic rings. The normalized spacial score (nSPS) is 16.3. The number of ether oxygens (including phenoxy) is 1. The second-order valence-corrected chi connectivity index (χ2v) is 17.5. The van der Waals surface area contributed by atoms with Crippen molar-refractivity contribution in [3.63, 3.8) is 0 Å². The van der Waals surface area contributed by atoms with E-state index in [2.05, 4.69) is 0 Å². The second kappa shape index (κ2) is 8.12. The van der Waals surface area contributed by atoms with E-state index < -0.39 is 25.7 Å². The molecule has 1 aliphatic rings. The summed E-state index contributed by atoms with van der Waals surface area (Å²) >= 11 is -2.31. The minimum atomic E-state index is -2.31. The molecule has 1 nitrogen and oxygen atoms in total. The Balaban J connectivity index is 0.000000148. The summed E-state index contributed by atoms with van der Waals surface area (Å²) in [5, 5.41) is 0. The van der Waals surface area contributed by atoms with Crippen LogP contribution in [0.2, 0.25) is 0 Å². The van der Waals surface area contributed by atoms with Crippen molar-refractivity contribution in [2.45, 2.75) is 12.8 Å². The van der Waals surface area contributed by atoms with Crippen LogP contribution in [0.1, 0.15) is 12.8 Å². The average molecular weight is 317 g/mol. The van der Waals surface area contributed by atoms with Gasteiger partial charge in [0.1, 0.15) is 0 Å². The van der Waals surface area contributed by atoms with Gasteiger partial charge in [0.15, 0.2) is 0 Å². The topological polar surface area (TPSA) is 9.23 Å². The molecule has 1 aliphatic heterocycles. The number of hydrogen-bond donors (Lipinski definition) is 0. The summed E-state index contributed by atoms with van der Waals surface area (Å²) < 4.78 is 4.94. The van der Waals surface area contributed by atoms with Crippen LogP contribution < -0.4 is 0 Å². The van der Waals surface area contributed by atoms with Crippen LogP contribution in [0.3, 0.4) is 0 Å². The summed E-state index contributed by atoms with van der Waals surface area (Å²) in [4.78, 5) is 0. The molecule has 0 unspecified atom stereocenters. The van der Waals surface area contributed by atoms with Gasteiger partial charge in [-0.1, -0.05) is 0 Å². The van der Waals surface area contributed by atoms with Gasteiger partial charge in [0.05, 0.1) is 0 Å². The van der Waals surface area contributed by atoms with E-state index in [1.165, 1.54) is 12.8 Å². The molecule has 0 bridgehead atoms. The first-order valence-electron chi connectivity index (χ1n) is 2.73. The van der Waals surface area contributed by atoms with Gasteiger partial charge >= 0.3 is 46.0 Å². The molecule has 54 valence electrons. The van der Waals surface area contributed by atoms with Crippen molar-refractivity contribution in [1.29, 1.82) is 0 Å². The molecule has 0 saturated carbocycles. The fraction of sp³-hybridized carbons (Fsp3) is 1.00. The van der Waals surface area contributed by atoms with Gasteiger partial charge in [0.2, 0.25) is 0 Å². The maximum absolute atomic E-state index is 5.03. The Hall–Kier alpha value is 2.02. The van der Waals surface area contributed by atoms with Gasteiger partial charge in [-0.15, -0.1) is 0 Å². The van der Waals surface area contributed by atoms with Crippen LogP contribution in [0.4, 0.5) is 0 Å². The third-order valence-corrected chi connectivity index (χ3v) is 0.827. The van der Waals surface area contributed by atoms with Crippen molar-refractivity contribution >= 4 is 20.4 Å². The van der Waals surface area contributed by atoms with Crippen molar-refractivity contribution in [2.75, 3.05) is 13.2 Å². The molecule has 0 aromatic heterocycles. The van der Waals surface area contributed by atoms with Crippen LogP contribution in [0.5, 0.6) is 0 Å². The first-order valence-corrected chi connectivity index (χ1v) is 16.4. The molecule has 0 radical (unpaired) electrons. The van der Waals surface area contributed by atoms with Crippen LogP contribution >= 0.6 is 20.4 Å². The van der Waals surface area contributed by atoms with Crippen LogP contribution in [0.15, 0.2) is 0 Å². The molecular formula is C4H8Cl3LaO. The molecule has 1 rings (SSSR count). The Morgan fingerprint density at radius 1 is 1.00 bits per heavy atom. The van der Waals surface area contributed by atoms with Crippen molar-refractivity contribution in [3.05, 3.63) is 0 Å². The Labute approximate surface area is 75.7 Å². The van der Waals surface area contributed by atoms with Crippen LogP contribution in [0, 0.1) is 25.7 Å². The molecule has 1 saturated heterocycles. The molecule has 5 heteroatoms. The van der Waals surface area contributed by atoms with Gasteiger partial charge in [-0.3, -0.25) is 0 Å². The monoisotopic (exact) mass is 316 g/mol. The minimum absolute atomic E-state index is 1.00. The first kappa shape index (κ1) is 11.0. The molecule has 0 spiro atoms. The van der Waals surface area contributed by atoms with E-state index in [1.54, 1.807) is 0 Å². The second-order valence-electron chi connectivity index (χ2n) is 1.57. The van der Waals surface area contributed by atoms with Crippen molar-refractivity contribution in [1.82, 2.24) is 0 Å². The predicted octanol–water partition coefficient (Wildman–Crippen LogP) is 2.87. The first-order chi connectivity index (χ1) is 4.23. The predicted molar refractivity (Wildman–Crippen MR) is 37.6 cm³/mol. The molecule has 9 heavy (non-hydrogen) atoms. The molecule has 0 atom stereocenters. The van der Waals surface area contributed by atoms with E-state index in [9.17, 15) is 0 Å². The molecule has 1 fully saturated rings. The molecule has 0 N–H and O–H groups in total. The maximum atomic E-state index is 5.03. The van der Waals surface area contributed by atoms with E-state index in [4.69, 9.17) is 25.1 Å². The number of rotatable bonds is 0. The van der Waals surface area contributed by atoms with Crippen molar-refractivity contribution in [2.24, 2.45) is 0 Å². The zero-order valence-electron chi connectivity index (χ0n) is 4.95. The summed E-state index contributed by atoms with van der Waals surface area (Å²) in [6, 6.07) is 0. The average Bonchev–Trinajstić information content (AvgIpc) is 2.11. The Morgan fingerprint density at radius 2 is 1.33 bits per heavy atom. The van der Waals surface area contributed by atoms with Gasteiger partial charge in [-0.2, -0.15) is 0 Å². The summed E-state index contributed by atoms with van der Waals surface area (Å²) in [6.45, 7) is 17.1. The van der Waals surface area contributed by atoms with Gasteiger partial charge in [0, 0.05) is 13.2 Å². The van der Waals surface area contributed by atoms with Crippen LogP contribution in [0.25, 0.3) is 0 Å². The van der Waals surface area contributed by atoms with E-state index in [0.717, 1.165) is 13.2 Å². The Bertz CT molecular complexity index is 47.4. The zero-order valence-corrected chi connectivity index (χ0v) is 10.8. The van der Waals surface area contributed by atoms with E-state index in [1.807, 2.05) is 0 Å². The quantitative estimate of drug-likeness (QED) is 0.667. The van der Waals surface area contributed by atoms with Gasteiger partial charge in [0.25, 0.3) is 0 Å². The van der Waals surface area contributed by atoms with Crippen molar-refractivity contribution in [3.8, 4) is 0 Å².